The number of anilines is 1. The maximum absolute atomic E-state index is 14.0. The number of hydrogen-bond donors (Lipinski definition) is 1. The molecule has 25 heavy (non-hydrogen) atoms. The van der Waals surface area contributed by atoms with Gasteiger partial charge in [0.05, 0.1) is 5.02 Å². The van der Waals surface area contributed by atoms with Gasteiger partial charge in [0.25, 0.3) is 0 Å². The van der Waals surface area contributed by atoms with E-state index in [-0.39, 0.29) is 22.2 Å². The van der Waals surface area contributed by atoms with Crippen LogP contribution < -0.4 is 10.5 Å². The Morgan fingerprint density at radius 3 is 2.60 bits per heavy atom. The van der Waals surface area contributed by atoms with E-state index in [0.717, 1.165) is 23.3 Å². The second-order valence-corrected chi connectivity index (χ2v) is 5.74. The minimum absolute atomic E-state index is 0.0761. The summed E-state index contributed by atoms with van der Waals surface area (Å²) < 4.78 is 33.4. The van der Waals surface area contributed by atoms with E-state index in [2.05, 4.69) is 9.97 Å². The molecule has 2 aromatic heterocycles. The molecule has 1 unspecified atom stereocenters. The molecular formula is C18H14ClF2N3O. The molecule has 0 radical (unpaired) electrons. The summed E-state index contributed by atoms with van der Waals surface area (Å²) in [6, 6.07) is 7.28. The highest BCUT2D eigenvalue weighted by atomic mass is 35.5. The maximum atomic E-state index is 14.0. The highest BCUT2D eigenvalue weighted by Gasteiger charge is 2.21. The van der Waals surface area contributed by atoms with Gasteiger partial charge in [0.2, 0.25) is 0 Å². The van der Waals surface area contributed by atoms with Crippen LogP contribution in [0, 0.1) is 11.6 Å². The monoisotopic (exact) mass is 361 g/mol. The number of aromatic nitrogens is 2. The maximum Gasteiger partial charge on any atom is 0.166 e. The molecule has 0 bridgehead atoms. The van der Waals surface area contributed by atoms with Crippen molar-refractivity contribution in [2.75, 3.05) is 5.73 Å². The molecule has 7 heteroatoms. The number of hydrogen-bond acceptors (Lipinski definition) is 4. The summed E-state index contributed by atoms with van der Waals surface area (Å²) in [5.74, 6) is -1.00. The third kappa shape index (κ3) is 3.53. The smallest absolute Gasteiger partial charge is 0.166 e. The summed E-state index contributed by atoms with van der Waals surface area (Å²) >= 11 is 5.88. The normalized spacial score (nSPS) is 12.0. The van der Waals surface area contributed by atoms with Crippen molar-refractivity contribution in [1.82, 2.24) is 9.97 Å². The first-order valence-electron chi connectivity index (χ1n) is 7.43. The van der Waals surface area contributed by atoms with Crippen molar-refractivity contribution < 1.29 is 13.5 Å². The number of halogens is 3. The Morgan fingerprint density at radius 2 is 1.88 bits per heavy atom. The van der Waals surface area contributed by atoms with Crippen molar-refractivity contribution in [2.24, 2.45) is 0 Å². The van der Waals surface area contributed by atoms with Gasteiger partial charge in [-0.05, 0) is 31.2 Å². The number of nitrogen functional groups attached to an aromatic ring is 1. The van der Waals surface area contributed by atoms with Crippen LogP contribution in [0.5, 0.6) is 5.75 Å². The van der Waals surface area contributed by atoms with Crippen molar-refractivity contribution in [3.8, 4) is 16.9 Å². The summed E-state index contributed by atoms with van der Waals surface area (Å²) in [7, 11) is 0. The second-order valence-electron chi connectivity index (χ2n) is 5.37. The van der Waals surface area contributed by atoms with Gasteiger partial charge in [0.15, 0.2) is 11.6 Å². The van der Waals surface area contributed by atoms with E-state index in [0.29, 0.717) is 0 Å². The van der Waals surface area contributed by atoms with E-state index in [9.17, 15) is 8.78 Å². The molecule has 0 fully saturated rings. The highest BCUT2D eigenvalue weighted by Crippen LogP contribution is 2.34. The van der Waals surface area contributed by atoms with Gasteiger partial charge in [0.1, 0.15) is 17.7 Å². The van der Waals surface area contributed by atoms with E-state index in [1.54, 1.807) is 37.6 Å². The Balaban J connectivity index is 1.94. The molecule has 2 heterocycles. The Morgan fingerprint density at radius 1 is 1.12 bits per heavy atom. The fourth-order valence-electron chi connectivity index (χ4n) is 2.41. The predicted molar refractivity (Wildman–Crippen MR) is 92.3 cm³/mol. The molecule has 2 N–H and O–H groups in total. The third-order valence-corrected chi connectivity index (χ3v) is 4.05. The van der Waals surface area contributed by atoms with Crippen LogP contribution in [0.4, 0.5) is 14.6 Å². The van der Waals surface area contributed by atoms with Crippen LogP contribution in [0.3, 0.4) is 0 Å². The van der Waals surface area contributed by atoms with E-state index in [1.165, 1.54) is 0 Å². The Labute approximate surface area is 148 Å². The zero-order valence-corrected chi connectivity index (χ0v) is 14.0. The van der Waals surface area contributed by atoms with Gasteiger partial charge >= 0.3 is 0 Å². The number of nitrogens with two attached hydrogens (primary N) is 1. The number of ether oxygens (including phenoxy) is 1. The minimum atomic E-state index is -0.864. The van der Waals surface area contributed by atoms with Gasteiger partial charge in [-0.25, -0.2) is 13.8 Å². The fourth-order valence-corrected chi connectivity index (χ4v) is 2.71. The lowest BCUT2D eigenvalue weighted by Crippen LogP contribution is -2.09. The van der Waals surface area contributed by atoms with Crippen LogP contribution in [0.1, 0.15) is 18.6 Å². The van der Waals surface area contributed by atoms with Crippen LogP contribution in [0.25, 0.3) is 11.1 Å². The average Bonchev–Trinajstić information content (AvgIpc) is 2.61. The number of nitrogens with zero attached hydrogens (tertiary/aromatic N) is 2. The van der Waals surface area contributed by atoms with Crippen molar-refractivity contribution in [2.45, 2.75) is 13.0 Å². The van der Waals surface area contributed by atoms with Gasteiger partial charge in [-0.15, -0.1) is 0 Å². The van der Waals surface area contributed by atoms with Crippen molar-refractivity contribution in [3.05, 3.63) is 71.1 Å². The number of pyridine rings is 2. The van der Waals surface area contributed by atoms with Crippen LogP contribution in [-0.2, 0) is 0 Å². The lowest BCUT2D eigenvalue weighted by atomic mass is 10.1. The molecule has 0 aliphatic heterocycles. The summed E-state index contributed by atoms with van der Waals surface area (Å²) in [6.07, 6.45) is 4.04. The highest BCUT2D eigenvalue weighted by molar-refractivity contribution is 6.31. The first-order chi connectivity index (χ1) is 12.0. The largest absolute Gasteiger partial charge is 0.482 e. The number of benzene rings is 1. The second kappa shape index (κ2) is 7.03. The summed E-state index contributed by atoms with van der Waals surface area (Å²) in [5, 5.41) is -0.317. The minimum Gasteiger partial charge on any atom is -0.482 e. The molecular weight excluding hydrogens is 348 g/mol. The van der Waals surface area contributed by atoms with Crippen LogP contribution >= 0.6 is 11.6 Å². The van der Waals surface area contributed by atoms with E-state index in [1.807, 2.05) is 6.07 Å². The Kier molecular flexibility index (Phi) is 4.81. The SMILES string of the molecule is CC(Oc1cc(-c2cccnc2)cnc1N)c1c(F)ccc(F)c1Cl. The van der Waals surface area contributed by atoms with Crippen LogP contribution in [0.2, 0.25) is 5.02 Å². The Bertz CT molecular complexity index is 906. The van der Waals surface area contributed by atoms with Crippen molar-refractivity contribution in [1.29, 1.82) is 0 Å². The summed E-state index contributed by atoms with van der Waals surface area (Å²) in [4.78, 5) is 8.13. The number of rotatable bonds is 4. The lowest BCUT2D eigenvalue weighted by Gasteiger charge is -2.18. The predicted octanol–water partition coefficient (Wildman–Crippen LogP) is 4.80. The Hall–Kier alpha value is -2.73. The molecule has 128 valence electrons. The lowest BCUT2D eigenvalue weighted by molar-refractivity contribution is 0.221. The molecule has 0 amide bonds. The molecule has 0 saturated carbocycles. The average molecular weight is 362 g/mol. The first kappa shape index (κ1) is 17.1. The van der Waals surface area contributed by atoms with Gasteiger partial charge in [-0.3, -0.25) is 4.98 Å². The van der Waals surface area contributed by atoms with E-state index in [4.69, 9.17) is 22.1 Å². The van der Waals surface area contributed by atoms with Crippen molar-refractivity contribution >= 4 is 17.4 Å². The molecule has 0 aliphatic rings. The standard InChI is InChI=1S/C18H14ClF2N3O/c1-10(16-13(20)4-5-14(21)17(16)19)25-15-7-12(9-24-18(15)22)11-3-2-6-23-8-11/h2-10H,1H3,(H2,22,24). The molecule has 1 atom stereocenters. The van der Waals surface area contributed by atoms with E-state index >= 15 is 0 Å². The van der Waals surface area contributed by atoms with Crippen LogP contribution in [0.15, 0.2) is 48.9 Å². The molecule has 4 nitrogen and oxygen atoms in total. The van der Waals surface area contributed by atoms with E-state index < -0.39 is 17.7 Å². The molecule has 0 spiro atoms. The molecule has 3 rings (SSSR count). The first-order valence-corrected chi connectivity index (χ1v) is 7.81. The summed E-state index contributed by atoms with van der Waals surface area (Å²) in [6.45, 7) is 1.56. The zero-order chi connectivity index (χ0) is 18.0. The van der Waals surface area contributed by atoms with Crippen molar-refractivity contribution in [3.63, 3.8) is 0 Å². The van der Waals surface area contributed by atoms with Gasteiger partial charge < -0.3 is 10.5 Å². The molecule has 3 aromatic rings. The topological polar surface area (TPSA) is 61.0 Å². The van der Waals surface area contributed by atoms with Crippen LogP contribution in [-0.4, -0.2) is 9.97 Å². The summed E-state index contributed by atoms with van der Waals surface area (Å²) in [5.41, 5.74) is 7.32. The fraction of sp³-hybridized carbons (Fsp3) is 0.111. The van der Waals surface area contributed by atoms with Gasteiger partial charge in [0, 0.05) is 35.3 Å². The molecule has 0 aliphatic carbocycles. The third-order valence-electron chi connectivity index (χ3n) is 3.67. The molecule has 1 aromatic carbocycles. The van der Waals surface area contributed by atoms with Gasteiger partial charge in [-0.2, -0.15) is 0 Å². The van der Waals surface area contributed by atoms with Gasteiger partial charge in [-0.1, -0.05) is 17.7 Å². The zero-order valence-electron chi connectivity index (χ0n) is 13.2. The quantitative estimate of drug-likeness (QED) is 0.678. The molecule has 0 saturated heterocycles.